The number of carbonyl (C=O) groups is 2. The third-order valence-corrected chi connectivity index (χ3v) is 4.57. The van der Waals surface area contributed by atoms with Gasteiger partial charge in [0.25, 0.3) is 0 Å². The van der Waals surface area contributed by atoms with Crippen molar-refractivity contribution < 1.29 is 19.8 Å². The summed E-state index contributed by atoms with van der Waals surface area (Å²) in [5, 5.41) is 22.6. The third kappa shape index (κ3) is 3.02. The smallest absolute Gasteiger partial charge is 0.336 e. The minimum absolute atomic E-state index is 0. The van der Waals surface area contributed by atoms with Crippen molar-refractivity contribution in [2.45, 2.75) is 0 Å². The largest absolute Gasteiger partial charge is 0.478 e. The van der Waals surface area contributed by atoms with Crippen LogP contribution in [0.1, 0.15) is 20.7 Å². The predicted octanol–water partition coefficient (Wildman–Crippen LogP) is 5.17. The van der Waals surface area contributed by atoms with E-state index in [1.165, 1.54) is 12.1 Å². The second kappa shape index (κ2) is 7.13. The first kappa shape index (κ1) is 18.5. The SMILES string of the molecule is O=C(O)c1ccc2ccccc2c1-c1c(C(=O)O)ccc2ccccc12.S. The highest BCUT2D eigenvalue weighted by molar-refractivity contribution is 7.59. The Morgan fingerprint density at radius 2 is 0.926 bits per heavy atom. The summed E-state index contributed by atoms with van der Waals surface area (Å²) < 4.78 is 0. The maximum absolute atomic E-state index is 11.9. The van der Waals surface area contributed by atoms with E-state index in [-0.39, 0.29) is 24.6 Å². The molecule has 134 valence electrons. The summed E-state index contributed by atoms with van der Waals surface area (Å²) in [6.07, 6.45) is 0. The van der Waals surface area contributed by atoms with Crippen LogP contribution in [0.15, 0.2) is 72.8 Å². The molecule has 0 radical (unpaired) electrons. The maximum atomic E-state index is 11.9. The van der Waals surface area contributed by atoms with Crippen LogP contribution < -0.4 is 0 Å². The Bertz CT molecular complexity index is 1100. The molecule has 4 rings (SSSR count). The number of benzene rings is 4. The molecule has 4 aromatic carbocycles. The molecule has 0 fully saturated rings. The van der Waals surface area contributed by atoms with Crippen LogP contribution in [-0.4, -0.2) is 22.2 Å². The van der Waals surface area contributed by atoms with Gasteiger partial charge in [-0.2, -0.15) is 13.5 Å². The molecule has 0 aliphatic rings. The maximum Gasteiger partial charge on any atom is 0.336 e. The Morgan fingerprint density at radius 3 is 1.30 bits per heavy atom. The zero-order valence-electron chi connectivity index (χ0n) is 14.1. The molecule has 0 heterocycles. The lowest BCUT2D eigenvalue weighted by molar-refractivity contribution is 0.0684. The molecular formula is C22H16O4S. The average molecular weight is 376 g/mol. The molecule has 2 N–H and O–H groups in total. The van der Waals surface area contributed by atoms with Gasteiger partial charge < -0.3 is 10.2 Å². The summed E-state index contributed by atoms with van der Waals surface area (Å²) >= 11 is 0. The summed E-state index contributed by atoms with van der Waals surface area (Å²) in [6.45, 7) is 0. The number of hydrogen-bond donors (Lipinski definition) is 2. The Labute approximate surface area is 162 Å². The topological polar surface area (TPSA) is 74.6 Å². The van der Waals surface area contributed by atoms with Gasteiger partial charge in [-0.15, -0.1) is 0 Å². The summed E-state index contributed by atoms with van der Waals surface area (Å²) in [5.74, 6) is -2.18. The molecule has 0 aliphatic heterocycles. The molecule has 0 saturated heterocycles. The lowest BCUT2D eigenvalue weighted by Gasteiger charge is -2.16. The van der Waals surface area contributed by atoms with Gasteiger partial charge in [-0.3, -0.25) is 0 Å². The van der Waals surface area contributed by atoms with Crippen molar-refractivity contribution in [1.82, 2.24) is 0 Å². The number of hydrogen-bond acceptors (Lipinski definition) is 2. The van der Waals surface area contributed by atoms with Crippen LogP contribution in [-0.2, 0) is 0 Å². The van der Waals surface area contributed by atoms with Crippen LogP contribution >= 0.6 is 13.5 Å². The molecule has 5 heteroatoms. The van der Waals surface area contributed by atoms with E-state index in [4.69, 9.17) is 0 Å². The van der Waals surface area contributed by atoms with Crippen molar-refractivity contribution in [3.05, 3.63) is 83.9 Å². The van der Waals surface area contributed by atoms with E-state index in [9.17, 15) is 19.8 Å². The van der Waals surface area contributed by atoms with Crippen LogP contribution in [0.4, 0.5) is 0 Å². The highest BCUT2D eigenvalue weighted by Gasteiger charge is 2.22. The minimum Gasteiger partial charge on any atom is -0.478 e. The van der Waals surface area contributed by atoms with Gasteiger partial charge >= 0.3 is 11.9 Å². The van der Waals surface area contributed by atoms with Crippen LogP contribution in [0, 0.1) is 0 Å². The van der Waals surface area contributed by atoms with Crippen molar-refractivity contribution in [2.75, 3.05) is 0 Å². The number of rotatable bonds is 3. The molecule has 0 spiro atoms. The molecule has 4 nitrogen and oxygen atoms in total. The highest BCUT2D eigenvalue weighted by Crippen LogP contribution is 2.39. The molecule has 0 aliphatic carbocycles. The predicted molar refractivity (Wildman–Crippen MR) is 111 cm³/mol. The van der Waals surface area contributed by atoms with E-state index in [0.29, 0.717) is 21.9 Å². The van der Waals surface area contributed by atoms with Gasteiger partial charge in [0.05, 0.1) is 11.1 Å². The van der Waals surface area contributed by atoms with E-state index < -0.39 is 11.9 Å². The van der Waals surface area contributed by atoms with Gasteiger partial charge in [0.2, 0.25) is 0 Å². The third-order valence-electron chi connectivity index (χ3n) is 4.57. The minimum atomic E-state index is -1.09. The first-order valence-electron chi connectivity index (χ1n) is 8.08. The van der Waals surface area contributed by atoms with Crippen molar-refractivity contribution >= 4 is 47.0 Å². The van der Waals surface area contributed by atoms with Crippen LogP contribution in [0.5, 0.6) is 0 Å². The fourth-order valence-electron chi connectivity index (χ4n) is 3.44. The standard InChI is InChI=1S/C22H14O4.H2S/c23-21(24)17-11-9-13-5-1-3-7-15(13)19(17)20-16-8-4-2-6-14(16)10-12-18(20)22(25)26;/h1-12H,(H,23,24)(H,25,26);1H2. The van der Waals surface area contributed by atoms with Gasteiger partial charge in [0.1, 0.15) is 0 Å². The highest BCUT2D eigenvalue weighted by atomic mass is 32.1. The Hall–Kier alpha value is -3.31. The van der Waals surface area contributed by atoms with Crippen LogP contribution in [0.3, 0.4) is 0 Å². The molecule has 4 aromatic rings. The molecule has 0 amide bonds. The fraction of sp³-hybridized carbons (Fsp3) is 0. The second-order valence-electron chi connectivity index (χ2n) is 6.03. The summed E-state index contributed by atoms with van der Waals surface area (Å²) in [6, 6.07) is 21.4. The lowest BCUT2D eigenvalue weighted by atomic mass is 9.87. The number of fused-ring (bicyclic) bond motifs is 2. The fourth-order valence-corrected chi connectivity index (χ4v) is 3.44. The molecule has 27 heavy (non-hydrogen) atoms. The Kier molecular flexibility index (Phi) is 4.88. The number of carboxylic acid groups (broad SMARTS) is 2. The monoisotopic (exact) mass is 376 g/mol. The van der Waals surface area contributed by atoms with Crippen LogP contribution in [0.25, 0.3) is 32.7 Å². The number of aromatic carboxylic acids is 2. The summed E-state index contributed by atoms with van der Waals surface area (Å²) in [5.41, 5.74) is 1.04. The van der Waals surface area contributed by atoms with E-state index in [2.05, 4.69) is 0 Å². The zero-order chi connectivity index (χ0) is 18.3. The van der Waals surface area contributed by atoms with Gasteiger partial charge in [0.15, 0.2) is 0 Å². The summed E-state index contributed by atoms with van der Waals surface area (Å²) in [7, 11) is 0. The molecule has 0 bridgehead atoms. The molecule has 0 unspecified atom stereocenters. The lowest BCUT2D eigenvalue weighted by Crippen LogP contribution is -2.05. The van der Waals surface area contributed by atoms with E-state index >= 15 is 0 Å². The average Bonchev–Trinajstić information content (AvgIpc) is 2.66. The summed E-state index contributed by atoms with van der Waals surface area (Å²) in [4.78, 5) is 23.8. The van der Waals surface area contributed by atoms with Crippen molar-refractivity contribution in [3.8, 4) is 11.1 Å². The second-order valence-corrected chi connectivity index (χ2v) is 6.03. The normalized spacial score (nSPS) is 10.5. The van der Waals surface area contributed by atoms with E-state index in [1.54, 1.807) is 12.1 Å². The van der Waals surface area contributed by atoms with Gasteiger partial charge in [-0.05, 0) is 33.7 Å². The Morgan fingerprint density at radius 1 is 0.556 bits per heavy atom. The van der Waals surface area contributed by atoms with Gasteiger partial charge in [-0.25, -0.2) is 9.59 Å². The van der Waals surface area contributed by atoms with Crippen LogP contribution in [0.2, 0.25) is 0 Å². The molecule has 0 saturated carbocycles. The first-order valence-corrected chi connectivity index (χ1v) is 8.08. The van der Waals surface area contributed by atoms with Gasteiger partial charge in [0, 0.05) is 11.1 Å². The van der Waals surface area contributed by atoms with E-state index in [1.807, 2.05) is 48.5 Å². The molecule has 0 aromatic heterocycles. The number of carboxylic acids is 2. The van der Waals surface area contributed by atoms with Crippen molar-refractivity contribution in [3.63, 3.8) is 0 Å². The van der Waals surface area contributed by atoms with Gasteiger partial charge in [-0.1, -0.05) is 60.7 Å². The Balaban J connectivity index is 0.00000210. The zero-order valence-corrected chi connectivity index (χ0v) is 15.1. The van der Waals surface area contributed by atoms with Crippen molar-refractivity contribution in [1.29, 1.82) is 0 Å². The quantitative estimate of drug-likeness (QED) is 0.517. The molecule has 0 atom stereocenters. The molecular weight excluding hydrogens is 360 g/mol. The first-order chi connectivity index (χ1) is 12.6. The van der Waals surface area contributed by atoms with E-state index in [0.717, 1.165) is 10.8 Å². The van der Waals surface area contributed by atoms with Crippen molar-refractivity contribution in [2.24, 2.45) is 0 Å².